The second kappa shape index (κ2) is 10.0. The molecular weight excluding hydrogens is 460 g/mol. The number of halogens is 1. The van der Waals surface area contributed by atoms with Gasteiger partial charge in [-0.1, -0.05) is 36.8 Å². The van der Waals surface area contributed by atoms with E-state index in [-0.39, 0.29) is 30.0 Å². The maximum Gasteiger partial charge on any atom is 0.280 e. The molecule has 0 aromatic carbocycles. The first-order valence-electron chi connectivity index (χ1n) is 11.2. The van der Waals surface area contributed by atoms with Gasteiger partial charge in [0.1, 0.15) is 16.4 Å². The number of amidine groups is 1. The number of pyridine rings is 1. The van der Waals surface area contributed by atoms with Gasteiger partial charge in [-0.2, -0.15) is 0 Å². The van der Waals surface area contributed by atoms with Gasteiger partial charge in [-0.15, -0.1) is 0 Å². The van der Waals surface area contributed by atoms with Crippen molar-refractivity contribution < 1.29 is 4.79 Å². The minimum Gasteiger partial charge on any atom is -0.382 e. The summed E-state index contributed by atoms with van der Waals surface area (Å²) >= 11 is 7.14. The Bertz CT molecular complexity index is 1050. The molecule has 33 heavy (non-hydrogen) atoms. The number of carbonyl (C=O) groups is 1. The Labute approximate surface area is 202 Å². The second-order valence-electron chi connectivity index (χ2n) is 8.89. The molecule has 2 aromatic heterocycles. The number of aliphatic imine (C=N–C) groups is 1. The highest BCUT2D eigenvalue weighted by Gasteiger charge is 2.37. The molecule has 0 saturated heterocycles. The summed E-state index contributed by atoms with van der Waals surface area (Å²) in [4.78, 5) is 27.5. The lowest BCUT2D eigenvalue weighted by Gasteiger charge is -2.40. The predicted molar refractivity (Wildman–Crippen MR) is 134 cm³/mol. The predicted octanol–water partition coefficient (Wildman–Crippen LogP) is 3.85. The molecule has 3 heterocycles. The molecular formula is C22H29ClN8OS. The van der Waals surface area contributed by atoms with Crippen LogP contribution in [-0.4, -0.2) is 46.3 Å². The van der Waals surface area contributed by atoms with Crippen LogP contribution in [-0.2, 0) is 0 Å². The van der Waals surface area contributed by atoms with E-state index in [0.717, 1.165) is 49.8 Å². The quantitative estimate of drug-likeness (QED) is 0.345. The van der Waals surface area contributed by atoms with Crippen molar-refractivity contribution in [2.24, 2.45) is 16.6 Å². The van der Waals surface area contributed by atoms with Crippen LogP contribution in [0.3, 0.4) is 0 Å². The summed E-state index contributed by atoms with van der Waals surface area (Å²) in [5.74, 6) is 0.555. The Balaban J connectivity index is 1.57. The fourth-order valence-electron chi connectivity index (χ4n) is 4.69. The summed E-state index contributed by atoms with van der Waals surface area (Å²) in [5.41, 5.74) is 8.57. The topological polar surface area (TPSA) is 132 Å². The van der Waals surface area contributed by atoms with Gasteiger partial charge in [-0.05, 0) is 44.1 Å². The average molecular weight is 489 g/mol. The third-order valence-corrected chi connectivity index (χ3v) is 7.14. The standard InChI is InChI=1S/C22H29ClN8OS/c1-12(2)6-19-30-16-9-26-15(20(25)28-11-24)8-17(16)31(19)14-5-3-4-13(7-14)29-21(32)22-27-10-18(23)33-22/h8-14,19,30H,3-7H2,1-2H3,(H,29,32)(H3,24,25,28). The van der Waals surface area contributed by atoms with E-state index in [1.807, 2.05) is 6.07 Å². The molecule has 9 nitrogen and oxygen atoms in total. The number of hydrogen-bond acceptors (Lipinski definition) is 7. The zero-order valence-corrected chi connectivity index (χ0v) is 20.3. The maximum atomic E-state index is 12.6. The lowest BCUT2D eigenvalue weighted by Crippen LogP contribution is -2.50. The van der Waals surface area contributed by atoms with Crippen molar-refractivity contribution in [3.63, 3.8) is 0 Å². The van der Waals surface area contributed by atoms with Crippen LogP contribution in [0.1, 0.15) is 61.4 Å². The van der Waals surface area contributed by atoms with Crippen molar-refractivity contribution >= 4 is 52.4 Å². The van der Waals surface area contributed by atoms with Crippen LogP contribution in [0, 0.1) is 11.3 Å². The molecule has 1 amide bonds. The summed E-state index contributed by atoms with van der Waals surface area (Å²) in [6.45, 7) is 4.43. The van der Waals surface area contributed by atoms with Crippen molar-refractivity contribution in [2.75, 3.05) is 10.2 Å². The van der Waals surface area contributed by atoms with Gasteiger partial charge in [-0.3, -0.25) is 15.2 Å². The third-order valence-electron chi connectivity index (χ3n) is 6.03. The Morgan fingerprint density at radius 3 is 2.97 bits per heavy atom. The second-order valence-corrected chi connectivity index (χ2v) is 10.5. The van der Waals surface area contributed by atoms with Gasteiger partial charge < -0.3 is 21.3 Å². The van der Waals surface area contributed by atoms with Gasteiger partial charge in [0.2, 0.25) is 0 Å². The molecule has 1 saturated carbocycles. The van der Waals surface area contributed by atoms with Crippen LogP contribution < -0.4 is 21.3 Å². The third kappa shape index (κ3) is 5.27. The highest BCUT2D eigenvalue weighted by molar-refractivity contribution is 7.17. The van der Waals surface area contributed by atoms with Crippen molar-refractivity contribution in [2.45, 2.75) is 64.2 Å². The lowest BCUT2D eigenvalue weighted by molar-refractivity contribution is 0.0924. The number of nitrogens with two attached hydrogens (primary N) is 1. The number of carbonyl (C=O) groups excluding carboxylic acids is 1. The van der Waals surface area contributed by atoms with E-state index >= 15 is 0 Å². The zero-order valence-electron chi connectivity index (χ0n) is 18.7. The first-order valence-corrected chi connectivity index (χ1v) is 12.3. The molecule has 2 aromatic rings. The zero-order chi connectivity index (χ0) is 23.5. The maximum absolute atomic E-state index is 12.6. The van der Waals surface area contributed by atoms with Gasteiger partial charge in [-0.25, -0.2) is 9.98 Å². The van der Waals surface area contributed by atoms with Crippen molar-refractivity contribution in [3.8, 4) is 0 Å². The van der Waals surface area contributed by atoms with E-state index in [9.17, 15) is 4.79 Å². The molecule has 4 rings (SSSR count). The van der Waals surface area contributed by atoms with Gasteiger partial charge in [0.25, 0.3) is 5.91 Å². The highest BCUT2D eigenvalue weighted by Crippen LogP contribution is 2.41. The largest absolute Gasteiger partial charge is 0.382 e. The molecule has 11 heteroatoms. The minimum atomic E-state index is -0.168. The van der Waals surface area contributed by atoms with Gasteiger partial charge in [0.05, 0.1) is 29.9 Å². The van der Waals surface area contributed by atoms with Crippen molar-refractivity contribution in [1.29, 1.82) is 5.41 Å². The molecule has 1 fully saturated rings. The van der Waals surface area contributed by atoms with Gasteiger partial charge >= 0.3 is 0 Å². The van der Waals surface area contributed by atoms with Crippen LogP contribution in [0.25, 0.3) is 0 Å². The molecule has 1 aliphatic heterocycles. The number of nitrogens with zero attached hydrogens (tertiary/aromatic N) is 4. The molecule has 3 atom stereocenters. The fraction of sp³-hybridized carbons (Fsp3) is 0.500. The summed E-state index contributed by atoms with van der Waals surface area (Å²) in [5, 5.41) is 14.4. The molecule has 5 N–H and O–H groups in total. The molecule has 3 unspecified atom stereocenters. The summed E-state index contributed by atoms with van der Waals surface area (Å²) in [7, 11) is 0. The smallest absolute Gasteiger partial charge is 0.280 e. The SMILES string of the molecule is CC(C)CC1Nc2cnc(C(N)=NC=N)cc2N1C1CCCC(NC(=O)c2ncc(Cl)s2)C1. The Hall–Kier alpha value is -2.72. The number of aromatic nitrogens is 2. The lowest BCUT2D eigenvalue weighted by atomic mass is 9.89. The molecule has 0 bridgehead atoms. The fourth-order valence-corrected chi connectivity index (χ4v) is 5.50. The van der Waals surface area contributed by atoms with Crippen molar-refractivity contribution in [3.05, 3.63) is 33.5 Å². The molecule has 0 spiro atoms. The van der Waals surface area contributed by atoms with E-state index < -0.39 is 0 Å². The average Bonchev–Trinajstić information content (AvgIpc) is 3.36. The number of nitrogens with one attached hydrogen (secondary N) is 3. The summed E-state index contributed by atoms with van der Waals surface area (Å²) in [6, 6.07) is 2.26. The molecule has 176 valence electrons. The van der Waals surface area contributed by atoms with Gasteiger partial charge in [0.15, 0.2) is 10.8 Å². The first-order chi connectivity index (χ1) is 15.9. The number of fused-ring (bicyclic) bond motifs is 1. The van der Waals surface area contributed by atoms with E-state index in [1.54, 1.807) is 6.20 Å². The summed E-state index contributed by atoms with van der Waals surface area (Å²) < 4.78 is 0.508. The van der Waals surface area contributed by atoms with Crippen LogP contribution in [0.4, 0.5) is 11.4 Å². The van der Waals surface area contributed by atoms with E-state index in [0.29, 0.717) is 21.0 Å². The van der Waals surface area contributed by atoms with E-state index in [4.69, 9.17) is 22.7 Å². The molecule has 1 aliphatic carbocycles. The Morgan fingerprint density at radius 1 is 1.45 bits per heavy atom. The number of rotatable bonds is 7. The first kappa shape index (κ1) is 23.4. The molecule has 0 radical (unpaired) electrons. The van der Waals surface area contributed by atoms with Gasteiger partial charge in [0, 0.05) is 12.1 Å². The van der Waals surface area contributed by atoms with Crippen molar-refractivity contribution in [1.82, 2.24) is 15.3 Å². The van der Waals surface area contributed by atoms with Crippen LogP contribution >= 0.6 is 22.9 Å². The number of hydrogen-bond donors (Lipinski definition) is 4. The van der Waals surface area contributed by atoms with Crippen LogP contribution in [0.15, 0.2) is 23.5 Å². The minimum absolute atomic E-state index is 0.0635. The Morgan fingerprint density at radius 2 is 2.27 bits per heavy atom. The molecule has 2 aliphatic rings. The number of amides is 1. The van der Waals surface area contributed by atoms with Crippen LogP contribution in [0.5, 0.6) is 0 Å². The normalized spacial score (nSPS) is 22.7. The number of anilines is 2. The Kier molecular flexibility index (Phi) is 7.14. The monoisotopic (exact) mass is 488 g/mol. The number of thiazole rings is 1. The summed E-state index contributed by atoms with van der Waals surface area (Å²) in [6.07, 6.45) is 9.15. The van der Waals surface area contributed by atoms with E-state index in [2.05, 4.69) is 44.3 Å². The van der Waals surface area contributed by atoms with E-state index in [1.165, 1.54) is 17.5 Å². The highest BCUT2D eigenvalue weighted by atomic mass is 35.5. The van der Waals surface area contributed by atoms with Crippen LogP contribution in [0.2, 0.25) is 4.34 Å².